The van der Waals surface area contributed by atoms with Crippen LogP contribution in [0.4, 0.5) is 11.4 Å². The first kappa shape index (κ1) is 25.6. The van der Waals surface area contributed by atoms with Gasteiger partial charge in [0, 0.05) is 17.8 Å². The Hall–Kier alpha value is -3.68. The van der Waals surface area contributed by atoms with Gasteiger partial charge in [-0.2, -0.15) is 0 Å². The molecular weight excluding hydrogens is 424 g/mol. The van der Waals surface area contributed by atoms with E-state index in [2.05, 4.69) is 10.6 Å². The van der Waals surface area contributed by atoms with E-state index in [1.54, 1.807) is 36.4 Å². The molecule has 2 aromatic carbocycles. The molecule has 8 nitrogen and oxygen atoms in total. The van der Waals surface area contributed by atoms with Crippen LogP contribution in [0, 0.1) is 0 Å². The van der Waals surface area contributed by atoms with Crippen LogP contribution in [0.25, 0.3) is 0 Å². The van der Waals surface area contributed by atoms with Crippen LogP contribution in [0.5, 0.6) is 0 Å². The van der Waals surface area contributed by atoms with Crippen LogP contribution < -0.4 is 10.6 Å². The fourth-order valence-corrected chi connectivity index (χ4v) is 2.76. The average molecular weight is 455 g/mol. The number of nitrogens with one attached hydrogen (secondary N) is 2. The summed E-state index contributed by atoms with van der Waals surface area (Å²) in [5.74, 6) is -1.89. The predicted octanol–water partition coefficient (Wildman–Crippen LogP) is 4.11. The summed E-state index contributed by atoms with van der Waals surface area (Å²) in [6.07, 6.45) is 2.39. The molecule has 2 rings (SSSR count). The van der Waals surface area contributed by atoms with E-state index in [9.17, 15) is 19.2 Å². The maximum absolute atomic E-state index is 12.1. The van der Waals surface area contributed by atoms with Crippen LogP contribution in [-0.2, 0) is 30.3 Å². The van der Waals surface area contributed by atoms with Gasteiger partial charge in [-0.3, -0.25) is 14.4 Å². The summed E-state index contributed by atoms with van der Waals surface area (Å²) in [5.41, 5.74) is 2.66. The average Bonchev–Trinajstić information content (AvgIpc) is 2.82. The van der Waals surface area contributed by atoms with Gasteiger partial charge in [-0.1, -0.05) is 32.4 Å². The monoisotopic (exact) mass is 454 g/mol. The summed E-state index contributed by atoms with van der Waals surface area (Å²) in [4.78, 5) is 47.7. The molecule has 2 amide bonds. The number of unbranched alkanes of at least 4 members (excludes halogenated alkanes) is 1. The van der Waals surface area contributed by atoms with Gasteiger partial charge in [0.15, 0.2) is 6.61 Å². The third-order valence-electron chi connectivity index (χ3n) is 4.70. The Morgan fingerprint density at radius 1 is 0.758 bits per heavy atom. The van der Waals surface area contributed by atoms with Gasteiger partial charge in [-0.25, -0.2) is 4.79 Å². The number of anilines is 2. The van der Waals surface area contributed by atoms with Crippen LogP contribution in [0.3, 0.4) is 0 Å². The Morgan fingerprint density at radius 3 is 1.97 bits per heavy atom. The lowest BCUT2D eigenvalue weighted by atomic mass is 10.1. The van der Waals surface area contributed by atoms with Crippen molar-refractivity contribution in [2.24, 2.45) is 0 Å². The van der Waals surface area contributed by atoms with Gasteiger partial charge < -0.3 is 20.1 Å². The minimum absolute atomic E-state index is 0.0975. The molecule has 2 aromatic rings. The number of amides is 2. The zero-order valence-electron chi connectivity index (χ0n) is 19.0. The predicted molar refractivity (Wildman–Crippen MR) is 125 cm³/mol. The summed E-state index contributed by atoms with van der Waals surface area (Å²) >= 11 is 0. The highest BCUT2D eigenvalue weighted by atomic mass is 16.5. The number of esters is 2. The molecule has 0 heterocycles. The normalized spacial score (nSPS) is 10.2. The second-order valence-corrected chi connectivity index (χ2v) is 7.37. The van der Waals surface area contributed by atoms with Gasteiger partial charge in [0.1, 0.15) is 0 Å². The highest BCUT2D eigenvalue weighted by Gasteiger charge is 2.12. The lowest BCUT2D eigenvalue weighted by Gasteiger charge is -2.08. The molecule has 0 fully saturated rings. The molecule has 8 heteroatoms. The first-order chi connectivity index (χ1) is 15.9. The molecule has 0 unspecified atom stereocenters. The number of rotatable bonds is 12. The Balaban J connectivity index is 1.67. The van der Waals surface area contributed by atoms with Crippen molar-refractivity contribution in [3.05, 3.63) is 59.7 Å². The maximum Gasteiger partial charge on any atom is 0.338 e. The zero-order chi connectivity index (χ0) is 24.1. The number of carbonyl (C=O) groups excluding carboxylic acids is 4. The van der Waals surface area contributed by atoms with E-state index >= 15 is 0 Å². The highest BCUT2D eigenvalue weighted by molar-refractivity contribution is 5.95. The van der Waals surface area contributed by atoms with E-state index in [1.165, 1.54) is 0 Å². The smallest absolute Gasteiger partial charge is 0.338 e. The van der Waals surface area contributed by atoms with Gasteiger partial charge in [-0.05, 0) is 54.8 Å². The third-order valence-corrected chi connectivity index (χ3v) is 4.70. The number of benzene rings is 2. The number of hydrogen-bond donors (Lipinski definition) is 2. The second kappa shape index (κ2) is 13.7. The highest BCUT2D eigenvalue weighted by Crippen LogP contribution is 2.12. The standard InChI is InChI=1S/C25H30N2O6/c1-3-5-16-32-25(31)19-8-12-21(13-9-19)26-22(28)14-15-24(30)33-17-23(29)27-20-10-6-18(4-2)7-11-20/h6-13H,3-5,14-17H2,1-2H3,(H,26,28)(H,27,29). The van der Waals surface area contributed by atoms with Crippen molar-refractivity contribution < 1.29 is 28.7 Å². The molecule has 0 saturated heterocycles. The fraction of sp³-hybridized carbons (Fsp3) is 0.360. The van der Waals surface area contributed by atoms with E-state index in [0.717, 1.165) is 24.8 Å². The van der Waals surface area contributed by atoms with Gasteiger partial charge in [0.2, 0.25) is 5.91 Å². The molecule has 2 N–H and O–H groups in total. The zero-order valence-corrected chi connectivity index (χ0v) is 19.0. The minimum Gasteiger partial charge on any atom is -0.462 e. The molecule has 0 aliphatic carbocycles. The van der Waals surface area contributed by atoms with Crippen molar-refractivity contribution in [3.8, 4) is 0 Å². The van der Waals surface area contributed by atoms with Gasteiger partial charge in [-0.15, -0.1) is 0 Å². The molecule has 0 aliphatic rings. The number of aryl methyl sites for hydroxylation is 1. The SMILES string of the molecule is CCCCOC(=O)c1ccc(NC(=O)CCC(=O)OCC(=O)Nc2ccc(CC)cc2)cc1. The van der Waals surface area contributed by atoms with Crippen LogP contribution in [0.15, 0.2) is 48.5 Å². The molecule has 0 spiro atoms. The summed E-state index contributed by atoms with van der Waals surface area (Å²) in [7, 11) is 0. The van der Waals surface area contributed by atoms with Gasteiger partial charge in [0.25, 0.3) is 5.91 Å². The number of hydrogen-bond acceptors (Lipinski definition) is 6. The quantitative estimate of drug-likeness (QED) is 0.369. The fourth-order valence-electron chi connectivity index (χ4n) is 2.76. The summed E-state index contributed by atoms with van der Waals surface area (Å²) in [6, 6.07) is 13.7. The van der Waals surface area contributed by atoms with Gasteiger partial charge >= 0.3 is 11.9 Å². The molecule has 33 heavy (non-hydrogen) atoms. The summed E-state index contributed by atoms with van der Waals surface area (Å²) < 4.78 is 10.1. The van der Waals surface area contributed by atoms with E-state index in [1.807, 2.05) is 26.0 Å². The molecule has 0 atom stereocenters. The van der Waals surface area contributed by atoms with Crippen LogP contribution in [0.2, 0.25) is 0 Å². The van der Waals surface area contributed by atoms with Crippen molar-refractivity contribution >= 4 is 35.1 Å². The van der Waals surface area contributed by atoms with Crippen molar-refractivity contribution in [2.75, 3.05) is 23.8 Å². The van der Waals surface area contributed by atoms with E-state index in [0.29, 0.717) is 23.5 Å². The summed E-state index contributed by atoms with van der Waals surface area (Å²) in [6.45, 7) is 4.00. The molecule has 0 saturated carbocycles. The second-order valence-electron chi connectivity index (χ2n) is 7.37. The van der Waals surface area contributed by atoms with Crippen LogP contribution >= 0.6 is 0 Å². The van der Waals surface area contributed by atoms with Crippen LogP contribution in [0.1, 0.15) is 55.5 Å². The molecule has 0 aliphatic heterocycles. The molecule has 0 radical (unpaired) electrons. The largest absolute Gasteiger partial charge is 0.462 e. The topological polar surface area (TPSA) is 111 Å². The maximum atomic E-state index is 12.1. The molecule has 0 aromatic heterocycles. The van der Waals surface area contributed by atoms with Crippen molar-refractivity contribution in [2.45, 2.75) is 46.0 Å². The molecule has 176 valence electrons. The Morgan fingerprint density at radius 2 is 1.36 bits per heavy atom. The first-order valence-corrected chi connectivity index (χ1v) is 11.0. The van der Waals surface area contributed by atoms with Gasteiger partial charge in [0.05, 0.1) is 18.6 Å². The van der Waals surface area contributed by atoms with E-state index in [4.69, 9.17) is 9.47 Å². The number of ether oxygens (including phenoxy) is 2. The Bertz CT molecular complexity index is 938. The third kappa shape index (κ3) is 9.55. The Labute approximate surface area is 193 Å². The van der Waals surface area contributed by atoms with Crippen molar-refractivity contribution in [3.63, 3.8) is 0 Å². The van der Waals surface area contributed by atoms with E-state index < -0.39 is 24.5 Å². The lowest BCUT2D eigenvalue weighted by Crippen LogP contribution is -2.21. The Kier molecular flexibility index (Phi) is 10.6. The molecule has 0 bridgehead atoms. The number of carbonyl (C=O) groups is 4. The van der Waals surface area contributed by atoms with E-state index in [-0.39, 0.29) is 18.7 Å². The summed E-state index contributed by atoms with van der Waals surface area (Å²) in [5, 5.41) is 5.29. The van der Waals surface area contributed by atoms with Crippen molar-refractivity contribution in [1.82, 2.24) is 0 Å². The molecular formula is C25H30N2O6. The minimum atomic E-state index is -0.646. The first-order valence-electron chi connectivity index (χ1n) is 11.0. The van der Waals surface area contributed by atoms with Crippen LogP contribution in [-0.4, -0.2) is 37.0 Å². The van der Waals surface area contributed by atoms with Crippen molar-refractivity contribution in [1.29, 1.82) is 0 Å². The lowest BCUT2D eigenvalue weighted by molar-refractivity contribution is -0.147.